The molecule has 1 aromatic carbocycles. The number of non-ortho nitro benzene ring substituents is 1. The summed E-state index contributed by atoms with van der Waals surface area (Å²) in [5, 5.41) is 15.3. The number of nitrogens with zero attached hydrogens (tertiary/aromatic N) is 2. The first-order valence-corrected chi connectivity index (χ1v) is 9.20. The second-order valence-corrected chi connectivity index (χ2v) is 7.48. The molecule has 0 fully saturated rings. The van der Waals surface area contributed by atoms with Gasteiger partial charge in [-0.05, 0) is 12.0 Å². The standard InChI is InChI=1S/C17H24N4O5S/c1-11(2)14-15(27-13-7-5-6-12(10-13)21(23)24)20(4)17(3,19-14)26-9-8-25-16(18)22/h5-7,10-11,19H,8-9H2,1-4H3,(H2,18,22). The summed E-state index contributed by atoms with van der Waals surface area (Å²) in [6.07, 6.45) is -0.848. The molecule has 1 aromatic rings. The van der Waals surface area contributed by atoms with Gasteiger partial charge in [0.2, 0.25) is 5.85 Å². The average molecular weight is 396 g/mol. The number of hydrogen-bond donors (Lipinski definition) is 2. The Morgan fingerprint density at radius 3 is 2.74 bits per heavy atom. The Hall–Kier alpha value is -2.46. The zero-order valence-electron chi connectivity index (χ0n) is 15.7. The highest BCUT2D eigenvalue weighted by Gasteiger charge is 2.41. The number of rotatable bonds is 8. The fraction of sp³-hybridized carbons (Fsp3) is 0.471. The van der Waals surface area contributed by atoms with Crippen LogP contribution in [0.25, 0.3) is 0 Å². The van der Waals surface area contributed by atoms with E-state index in [0.29, 0.717) is 0 Å². The van der Waals surface area contributed by atoms with Crippen LogP contribution in [0.15, 0.2) is 39.9 Å². The zero-order valence-corrected chi connectivity index (χ0v) is 16.5. The molecular weight excluding hydrogens is 372 g/mol. The second kappa shape index (κ2) is 8.49. The molecule has 0 aliphatic carbocycles. The zero-order chi connectivity index (χ0) is 20.2. The van der Waals surface area contributed by atoms with Crippen LogP contribution in [-0.4, -0.2) is 42.0 Å². The van der Waals surface area contributed by atoms with Crippen LogP contribution in [0.1, 0.15) is 20.8 Å². The Kier molecular flexibility index (Phi) is 6.55. The van der Waals surface area contributed by atoms with Crippen LogP contribution in [0.4, 0.5) is 10.5 Å². The summed E-state index contributed by atoms with van der Waals surface area (Å²) < 4.78 is 10.6. The van der Waals surface area contributed by atoms with Crippen molar-refractivity contribution in [1.82, 2.24) is 10.2 Å². The molecule has 9 nitrogen and oxygen atoms in total. The lowest BCUT2D eigenvalue weighted by molar-refractivity contribution is -0.385. The molecule has 1 heterocycles. The van der Waals surface area contributed by atoms with Crippen molar-refractivity contribution in [2.24, 2.45) is 11.7 Å². The minimum absolute atomic E-state index is 0.0444. The van der Waals surface area contributed by atoms with E-state index in [1.807, 2.05) is 38.8 Å². The van der Waals surface area contributed by atoms with Gasteiger partial charge in [-0.2, -0.15) is 0 Å². The number of ether oxygens (including phenoxy) is 2. The lowest BCUT2D eigenvalue weighted by Gasteiger charge is -2.35. The summed E-state index contributed by atoms with van der Waals surface area (Å²) in [6, 6.07) is 6.49. The van der Waals surface area contributed by atoms with Crippen LogP contribution < -0.4 is 11.1 Å². The minimum Gasteiger partial charge on any atom is -0.447 e. The molecule has 3 N–H and O–H groups in total. The van der Waals surface area contributed by atoms with Crippen molar-refractivity contribution >= 4 is 23.5 Å². The number of nitrogens with one attached hydrogen (secondary N) is 1. The van der Waals surface area contributed by atoms with Gasteiger partial charge in [0, 0.05) is 36.7 Å². The minimum atomic E-state index is -0.848. The van der Waals surface area contributed by atoms with Crippen LogP contribution in [0.2, 0.25) is 0 Å². The van der Waals surface area contributed by atoms with Crippen molar-refractivity contribution in [2.75, 3.05) is 20.3 Å². The van der Waals surface area contributed by atoms with Crippen LogP contribution >= 0.6 is 11.8 Å². The van der Waals surface area contributed by atoms with Crippen LogP contribution in [0.5, 0.6) is 0 Å². The van der Waals surface area contributed by atoms with Gasteiger partial charge in [-0.25, -0.2) is 4.79 Å². The molecule has 0 aromatic heterocycles. The first-order chi connectivity index (χ1) is 12.6. The number of benzene rings is 1. The fourth-order valence-corrected chi connectivity index (χ4v) is 3.82. The number of amides is 1. The third-order valence-corrected chi connectivity index (χ3v) is 5.25. The molecule has 0 spiro atoms. The van der Waals surface area contributed by atoms with E-state index < -0.39 is 16.9 Å². The first-order valence-electron chi connectivity index (χ1n) is 8.38. The molecule has 1 atom stereocenters. The topological polar surface area (TPSA) is 120 Å². The summed E-state index contributed by atoms with van der Waals surface area (Å²) >= 11 is 1.43. The number of nitro groups is 1. The highest BCUT2D eigenvalue weighted by atomic mass is 32.2. The van der Waals surface area contributed by atoms with Crippen LogP contribution in [0, 0.1) is 16.0 Å². The lowest BCUT2D eigenvalue weighted by atomic mass is 10.1. The SMILES string of the molecule is CC(C)C1=C(Sc2cccc([N+](=O)[O-])c2)N(C)C(C)(OCCOC(N)=O)N1. The molecule has 148 valence electrons. The van der Waals surface area contributed by atoms with Crippen LogP contribution in [-0.2, 0) is 9.47 Å². The van der Waals surface area contributed by atoms with Gasteiger partial charge in [-0.1, -0.05) is 31.7 Å². The molecule has 0 saturated carbocycles. The van der Waals surface area contributed by atoms with Crippen molar-refractivity contribution in [3.63, 3.8) is 0 Å². The molecule has 0 bridgehead atoms. The Morgan fingerprint density at radius 1 is 1.44 bits per heavy atom. The predicted octanol–water partition coefficient (Wildman–Crippen LogP) is 2.83. The number of thioether (sulfide) groups is 1. The lowest BCUT2D eigenvalue weighted by Crippen LogP contribution is -2.51. The van der Waals surface area contributed by atoms with Gasteiger partial charge in [0.1, 0.15) is 6.61 Å². The Morgan fingerprint density at radius 2 is 2.15 bits per heavy atom. The Balaban J connectivity index is 2.17. The van der Waals surface area contributed by atoms with Crippen molar-refractivity contribution in [3.8, 4) is 0 Å². The maximum atomic E-state index is 11.0. The number of hydrogen-bond acceptors (Lipinski definition) is 8. The summed E-state index contributed by atoms with van der Waals surface area (Å²) in [5.41, 5.74) is 5.96. The van der Waals surface area contributed by atoms with Gasteiger partial charge < -0.3 is 25.4 Å². The molecule has 2 rings (SSSR count). The summed E-state index contributed by atoms with van der Waals surface area (Å²) in [6.45, 7) is 6.17. The molecule has 0 radical (unpaired) electrons. The van der Waals surface area contributed by atoms with Crippen molar-refractivity contribution in [1.29, 1.82) is 0 Å². The molecule has 1 unspecified atom stereocenters. The van der Waals surface area contributed by atoms with Crippen molar-refractivity contribution in [3.05, 3.63) is 45.1 Å². The van der Waals surface area contributed by atoms with Gasteiger partial charge in [0.25, 0.3) is 5.69 Å². The third kappa shape index (κ3) is 5.04. The smallest absolute Gasteiger partial charge is 0.404 e. The number of nitro benzene ring substituents is 1. The predicted molar refractivity (Wildman–Crippen MR) is 102 cm³/mol. The van der Waals surface area contributed by atoms with E-state index in [0.717, 1.165) is 15.6 Å². The maximum Gasteiger partial charge on any atom is 0.404 e. The van der Waals surface area contributed by atoms with E-state index in [4.69, 9.17) is 15.2 Å². The molecule has 1 amide bonds. The molecule has 0 saturated heterocycles. The normalized spacial score (nSPS) is 19.4. The van der Waals surface area contributed by atoms with E-state index >= 15 is 0 Å². The van der Waals surface area contributed by atoms with Gasteiger partial charge in [0.15, 0.2) is 0 Å². The molecule has 27 heavy (non-hydrogen) atoms. The number of carbonyl (C=O) groups excluding carboxylic acids is 1. The number of nitrogens with two attached hydrogens (primary N) is 1. The molecule has 1 aliphatic heterocycles. The Bertz CT molecular complexity index is 755. The summed E-state index contributed by atoms with van der Waals surface area (Å²) in [7, 11) is 1.87. The van der Waals surface area contributed by atoms with Gasteiger partial charge in [0.05, 0.1) is 16.6 Å². The highest BCUT2D eigenvalue weighted by Crippen LogP contribution is 2.41. The largest absolute Gasteiger partial charge is 0.447 e. The number of allylic oxidation sites excluding steroid dienone is 1. The second-order valence-electron chi connectivity index (χ2n) is 6.41. The Labute approximate surface area is 162 Å². The molecular formula is C17H24N4O5S. The summed E-state index contributed by atoms with van der Waals surface area (Å²) in [4.78, 5) is 24.0. The van der Waals surface area contributed by atoms with Gasteiger partial charge in [-0.15, -0.1) is 0 Å². The van der Waals surface area contributed by atoms with Crippen molar-refractivity contribution < 1.29 is 19.2 Å². The van der Waals surface area contributed by atoms with E-state index in [9.17, 15) is 14.9 Å². The highest BCUT2D eigenvalue weighted by molar-refractivity contribution is 8.03. The number of primary amides is 1. The fourth-order valence-electron chi connectivity index (χ4n) is 2.56. The van der Waals surface area contributed by atoms with E-state index in [1.54, 1.807) is 12.1 Å². The van der Waals surface area contributed by atoms with Crippen molar-refractivity contribution in [2.45, 2.75) is 31.5 Å². The van der Waals surface area contributed by atoms with Gasteiger partial charge >= 0.3 is 6.09 Å². The van der Waals surface area contributed by atoms with E-state index in [-0.39, 0.29) is 24.8 Å². The van der Waals surface area contributed by atoms with Gasteiger partial charge in [-0.3, -0.25) is 10.1 Å². The van der Waals surface area contributed by atoms with Crippen LogP contribution in [0.3, 0.4) is 0 Å². The number of carbonyl (C=O) groups is 1. The quantitative estimate of drug-likeness (QED) is 0.391. The maximum absolute atomic E-state index is 11.0. The average Bonchev–Trinajstić information content (AvgIpc) is 2.84. The molecule has 1 aliphatic rings. The summed E-state index contributed by atoms with van der Waals surface area (Å²) in [5.74, 6) is -0.662. The molecule has 10 heteroatoms. The monoisotopic (exact) mass is 396 g/mol. The van der Waals surface area contributed by atoms with E-state index in [1.165, 1.54) is 17.8 Å². The first kappa shape index (κ1) is 20.8. The van der Waals surface area contributed by atoms with E-state index in [2.05, 4.69) is 5.32 Å². The third-order valence-electron chi connectivity index (χ3n) is 4.07.